The van der Waals surface area contributed by atoms with Crippen molar-refractivity contribution in [3.8, 4) is 23.2 Å². The van der Waals surface area contributed by atoms with Gasteiger partial charge in [0.05, 0.1) is 18.2 Å². The van der Waals surface area contributed by atoms with E-state index in [9.17, 15) is 0 Å². The van der Waals surface area contributed by atoms with E-state index >= 15 is 0 Å². The highest BCUT2D eigenvalue weighted by atomic mass is 35.5. The van der Waals surface area contributed by atoms with Gasteiger partial charge in [0.1, 0.15) is 5.75 Å². The molecular formula is C17H14ClN5OS. The number of rotatable bonds is 6. The molecule has 126 valence electrons. The van der Waals surface area contributed by atoms with Crippen LogP contribution in [0.15, 0.2) is 53.7 Å². The van der Waals surface area contributed by atoms with Crippen molar-refractivity contribution in [2.45, 2.75) is 5.16 Å². The number of nitrogen functional groups attached to an aromatic ring is 1. The summed E-state index contributed by atoms with van der Waals surface area (Å²) in [6, 6.07) is 16.3. The Kier molecular flexibility index (Phi) is 5.43. The molecule has 0 saturated heterocycles. The van der Waals surface area contributed by atoms with Crippen molar-refractivity contribution in [2.75, 3.05) is 18.2 Å². The van der Waals surface area contributed by atoms with Crippen molar-refractivity contribution in [2.24, 2.45) is 0 Å². The maximum Gasteiger partial charge on any atom is 0.210 e. The van der Waals surface area contributed by atoms with Crippen molar-refractivity contribution >= 4 is 23.4 Å². The van der Waals surface area contributed by atoms with Crippen molar-refractivity contribution in [3.63, 3.8) is 0 Å². The van der Waals surface area contributed by atoms with Crippen molar-refractivity contribution in [1.29, 1.82) is 5.26 Å². The van der Waals surface area contributed by atoms with Gasteiger partial charge in [-0.05, 0) is 48.5 Å². The lowest BCUT2D eigenvalue weighted by Crippen LogP contribution is -2.12. The zero-order valence-electron chi connectivity index (χ0n) is 13.1. The number of thioether (sulfide) groups is 1. The quantitative estimate of drug-likeness (QED) is 0.406. The van der Waals surface area contributed by atoms with Crippen molar-refractivity contribution in [3.05, 3.63) is 59.1 Å². The maximum absolute atomic E-state index is 8.76. The molecular weight excluding hydrogens is 358 g/mol. The summed E-state index contributed by atoms with van der Waals surface area (Å²) < 4.78 is 7.08. The van der Waals surface area contributed by atoms with E-state index < -0.39 is 0 Å². The van der Waals surface area contributed by atoms with Gasteiger partial charge >= 0.3 is 0 Å². The Morgan fingerprint density at radius 1 is 1.12 bits per heavy atom. The van der Waals surface area contributed by atoms with Crippen LogP contribution in [-0.4, -0.2) is 27.2 Å². The number of nitriles is 1. The molecule has 0 fully saturated rings. The van der Waals surface area contributed by atoms with Crippen LogP contribution in [-0.2, 0) is 0 Å². The van der Waals surface area contributed by atoms with Crippen LogP contribution in [0.1, 0.15) is 5.56 Å². The second-order valence-corrected chi connectivity index (χ2v) is 6.51. The number of hydrogen-bond donors (Lipinski definition) is 1. The molecule has 0 unspecified atom stereocenters. The van der Waals surface area contributed by atoms with E-state index in [2.05, 4.69) is 16.3 Å². The van der Waals surface area contributed by atoms with E-state index in [0.717, 1.165) is 11.3 Å². The molecule has 1 aromatic heterocycles. The zero-order valence-corrected chi connectivity index (χ0v) is 14.7. The number of nitrogens with zero attached hydrogens (tertiary/aromatic N) is 4. The van der Waals surface area contributed by atoms with Gasteiger partial charge in [-0.1, -0.05) is 23.4 Å². The molecule has 2 N–H and O–H groups in total. The summed E-state index contributed by atoms with van der Waals surface area (Å²) in [6.07, 6.45) is 0. The van der Waals surface area contributed by atoms with Gasteiger partial charge in [-0.15, -0.1) is 10.2 Å². The van der Waals surface area contributed by atoms with Gasteiger partial charge < -0.3 is 10.6 Å². The molecule has 0 atom stereocenters. The van der Waals surface area contributed by atoms with Crippen LogP contribution in [0.25, 0.3) is 11.4 Å². The molecule has 0 aliphatic rings. The Morgan fingerprint density at radius 2 is 1.84 bits per heavy atom. The summed E-state index contributed by atoms with van der Waals surface area (Å²) in [6.45, 7) is 0.486. The first kappa shape index (κ1) is 17.1. The number of halogens is 1. The topological polar surface area (TPSA) is 89.8 Å². The van der Waals surface area contributed by atoms with E-state index in [1.54, 1.807) is 36.4 Å². The van der Waals surface area contributed by atoms with E-state index in [1.165, 1.54) is 16.4 Å². The molecule has 8 heteroatoms. The van der Waals surface area contributed by atoms with E-state index in [1.807, 2.05) is 12.1 Å². The van der Waals surface area contributed by atoms with Gasteiger partial charge in [0, 0.05) is 16.3 Å². The minimum absolute atomic E-state index is 0.486. The highest BCUT2D eigenvalue weighted by molar-refractivity contribution is 7.99. The molecule has 0 amide bonds. The molecule has 25 heavy (non-hydrogen) atoms. The monoisotopic (exact) mass is 371 g/mol. The average molecular weight is 372 g/mol. The van der Waals surface area contributed by atoms with Crippen LogP contribution in [0.2, 0.25) is 5.02 Å². The van der Waals surface area contributed by atoms with Gasteiger partial charge in [-0.2, -0.15) is 5.26 Å². The predicted octanol–water partition coefficient (Wildman–Crippen LogP) is 3.36. The third-order valence-electron chi connectivity index (χ3n) is 3.33. The second kappa shape index (κ2) is 7.92. The lowest BCUT2D eigenvalue weighted by Gasteiger charge is -2.06. The minimum atomic E-state index is 0.486. The van der Waals surface area contributed by atoms with Crippen LogP contribution < -0.4 is 10.6 Å². The SMILES string of the molecule is N#Cc1ccc(OCCSc2nnc(-c3ccc(Cl)cc3)n2N)cc1. The number of hydrogen-bond acceptors (Lipinski definition) is 6. The number of aromatic nitrogens is 3. The predicted molar refractivity (Wildman–Crippen MR) is 98.0 cm³/mol. The minimum Gasteiger partial charge on any atom is -0.493 e. The second-order valence-electron chi connectivity index (χ2n) is 5.02. The van der Waals surface area contributed by atoms with Gasteiger partial charge in [0.15, 0.2) is 5.82 Å². The molecule has 0 spiro atoms. The van der Waals surface area contributed by atoms with Crippen molar-refractivity contribution < 1.29 is 4.74 Å². The van der Waals surface area contributed by atoms with Gasteiger partial charge in [-0.25, -0.2) is 4.68 Å². The molecule has 0 aliphatic carbocycles. The lowest BCUT2D eigenvalue weighted by molar-refractivity contribution is 0.344. The Hall–Kier alpha value is -2.69. The smallest absolute Gasteiger partial charge is 0.210 e. The van der Waals surface area contributed by atoms with Gasteiger partial charge in [0.25, 0.3) is 0 Å². The molecule has 2 aromatic carbocycles. The van der Waals surface area contributed by atoms with Crippen molar-refractivity contribution in [1.82, 2.24) is 14.9 Å². The first-order valence-electron chi connectivity index (χ1n) is 7.39. The van der Waals surface area contributed by atoms with Crippen LogP contribution in [0.4, 0.5) is 0 Å². The molecule has 0 bridgehead atoms. The standard InChI is InChI=1S/C17H14ClN5OS/c18-14-5-3-13(4-6-14)16-21-22-17(23(16)20)25-10-9-24-15-7-1-12(11-19)2-8-15/h1-8H,9-10,20H2. The fraction of sp³-hybridized carbons (Fsp3) is 0.118. The molecule has 6 nitrogen and oxygen atoms in total. The van der Waals surface area contributed by atoms with Crippen LogP contribution in [0.5, 0.6) is 5.75 Å². The fourth-order valence-corrected chi connectivity index (χ4v) is 2.89. The highest BCUT2D eigenvalue weighted by Gasteiger charge is 2.12. The first-order chi connectivity index (χ1) is 12.2. The van der Waals surface area contributed by atoms with E-state index in [4.69, 9.17) is 27.4 Å². The summed E-state index contributed by atoms with van der Waals surface area (Å²) in [5, 5.41) is 18.3. The van der Waals surface area contributed by atoms with Crippen LogP contribution >= 0.6 is 23.4 Å². The largest absolute Gasteiger partial charge is 0.493 e. The Morgan fingerprint density at radius 3 is 2.52 bits per heavy atom. The average Bonchev–Trinajstić information content (AvgIpc) is 3.01. The molecule has 3 rings (SSSR count). The Labute approximate surface area is 154 Å². The summed E-state index contributed by atoms with van der Waals surface area (Å²) in [7, 11) is 0. The maximum atomic E-state index is 8.76. The number of nitrogens with two attached hydrogens (primary N) is 1. The van der Waals surface area contributed by atoms with E-state index in [-0.39, 0.29) is 0 Å². The van der Waals surface area contributed by atoms with Crippen LogP contribution in [0.3, 0.4) is 0 Å². The molecule has 3 aromatic rings. The summed E-state index contributed by atoms with van der Waals surface area (Å²) in [5.41, 5.74) is 1.45. The number of ether oxygens (including phenoxy) is 1. The molecule has 0 aliphatic heterocycles. The molecule has 0 saturated carbocycles. The molecule has 0 radical (unpaired) electrons. The van der Waals surface area contributed by atoms with Gasteiger partial charge in [0.2, 0.25) is 5.16 Å². The third-order valence-corrected chi connectivity index (χ3v) is 4.49. The van der Waals surface area contributed by atoms with Crippen LogP contribution in [0, 0.1) is 11.3 Å². The highest BCUT2D eigenvalue weighted by Crippen LogP contribution is 2.23. The zero-order chi connectivity index (χ0) is 17.6. The lowest BCUT2D eigenvalue weighted by atomic mass is 10.2. The Balaban J connectivity index is 1.55. The molecule has 1 heterocycles. The normalized spacial score (nSPS) is 10.4. The first-order valence-corrected chi connectivity index (χ1v) is 8.76. The Bertz CT molecular complexity index is 887. The van der Waals surface area contributed by atoms with Gasteiger partial charge in [-0.3, -0.25) is 0 Å². The number of benzene rings is 2. The summed E-state index contributed by atoms with van der Waals surface area (Å²) >= 11 is 7.34. The van der Waals surface area contributed by atoms with E-state index in [0.29, 0.717) is 33.9 Å². The fourth-order valence-electron chi connectivity index (χ4n) is 2.09. The third kappa shape index (κ3) is 4.24. The summed E-state index contributed by atoms with van der Waals surface area (Å²) in [5.74, 6) is 8.02. The summed E-state index contributed by atoms with van der Waals surface area (Å²) in [4.78, 5) is 0.